The summed E-state index contributed by atoms with van der Waals surface area (Å²) >= 11 is 0. The van der Waals surface area contributed by atoms with Crippen LogP contribution in [-0.2, 0) is 9.84 Å². The van der Waals surface area contributed by atoms with Crippen LogP contribution in [0.4, 0.5) is 10.2 Å². The van der Waals surface area contributed by atoms with E-state index in [0.29, 0.717) is 41.0 Å². The van der Waals surface area contributed by atoms with E-state index >= 15 is 0 Å². The molecule has 7 rings (SSSR count). The summed E-state index contributed by atoms with van der Waals surface area (Å²) in [7, 11) is -3.77. The highest BCUT2D eigenvalue weighted by atomic mass is 32.2. The second-order valence-corrected chi connectivity index (χ2v) is 12.5. The number of halogens is 1. The molecule has 2 aliphatic heterocycles. The van der Waals surface area contributed by atoms with Gasteiger partial charge in [-0.1, -0.05) is 0 Å². The second kappa shape index (κ2) is 9.19. The maximum Gasteiger partial charge on any atom is 0.276 e. The number of H-pyrrole nitrogens is 1. The molecule has 2 aliphatic rings. The molecule has 2 unspecified atom stereocenters. The Hall–Kier alpha value is -4.66. The molecular formula is C26H25FN10O3S. The van der Waals surface area contributed by atoms with Gasteiger partial charge in [0.15, 0.2) is 21.2 Å². The topological polar surface area (TPSA) is 170 Å². The fourth-order valence-corrected chi connectivity index (χ4v) is 7.30. The highest BCUT2D eigenvalue weighted by Gasteiger charge is 2.46. The minimum Gasteiger partial charge on any atom is -0.382 e. The summed E-state index contributed by atoms with van der Waals surface area (Å²) in [5.41, 5.74) is 9.49. The van der Waals surface area contributed by atoms with Gasteiger partial charge in [0.05, 0.1) is 30.0 Å². The summed E-state index contributed by atoms with van der Waals surface area (Å²) in [4.78, 5) is 19.9. The lowest BCUT2D eigenvalue weighted by Gasteiger charge is -2.38. The maximum atomic E-state index is 13.4. The Morgan fingerprint density at radius 3 is 2.46 bits per heavy atom. The molecule has 1 aromatic carbocycles. The third kappa shape index (κ3) is 4.15. The number of sulfone groups is 1. The molecule has 0 aliphatic carbocycles. The van der Waals surface area contributed by atoms with Gasteiger partial charge in [-0.3, -0.25) is 4.79 Å². The minimum atomic E-state index is -3.77. The number of nitrogens with two attached hydrogens (primary N) is 1. The van der Waals surface area contributed by atoms with Crippen LogP contribution >= 0.6 is 0 Å². The molecule has 5 aromatic rings. The number of fused-ring (bicyclic) bond motifs is 3. The van der Waals surface area contributed by atoms with Crippen LogP contribution in [0, 0.1) is 5.82 Å². The third-order valence-corrected chi connectivity index (χ3v) is 9.17. The van der Waals surface area contributed by atoms with Crippen molar-refractivity contribution in [3.05, 3.63) is 66.3 Å². The Morgan fingerprint density at radius 2 is 1.80 bits per heavy atom. The Balaban J connectivity index is 1.29. The predicted octanol–water partition coefficient (Wildman–Crippen LogP) is 2.38. The molecule has 1 amide bonds. The van der Waals surface area contributed by atoms with E-state index < -0.39 is 9.84 Å². The molecular weight excluding hydrogens is 551 g/mol. The van der Waals surface area contributed by atoms with E-state index in [2.05, 4.69) is 25.6 Å². The van der Waals surface area contributed by atoms with E-state index in [1.54, 1.807) is 35.4 Å². The van der Waals surface area contributed by atoms with Gasteiger partial charge >= 0.3 is 0 Å². The number of hydrogen-bond donors (Lipinski definition) is 2. The minimum absolute atomic E-state index is 0.0156. The van der Waals surface area contributed by atoms with Crippen molar-refractivity contribution < 1.29 is 17.6 Å². The number of aromatic amines is 1. The first-order chi connectivity index (χ1) is 19.7. The molecule has 2 saturated heterocycles. The lowest BCUT2D eigenvalue weighted by atomic mass is 9.87. The van der Waals surface area contributed by atoms with E-state index in [0.717, 1.165) is 19.1 Å². The van der Waals surface area contributed by atoms with E-state index in [1.165, 1.54) is 22.8 Å². The molecule has 2 atom stereocenters. The summed E-state index contributed by atoms with van der Waals surface area (Å²) < 4.78 is 42.4. The number of aromatic nitrogens is 8. The molecule has 2 fully saturated rings. The van der Waals surface area contributed by atoms with Crippen molar-refractivity contribution in [2.45, 2.75) is 48.6 Å². The van der Waals surface area contributed by atoms with Crippen molar-refractivity contribution in [2.24, 2.45) is 0 Å². The first-order valence-electron chi connectivity index (χ1n) is 13.1. The van der Waals surface area contributed by atoms with Crippen molar-refractivity contribution in [3.63, 3.8) is 0 Å². The van der Waals surface area contributed by atoms with E-state index in [-0.39, 0.29) is 46.1 Å². The van der Waals surface area contributed by atoms with Gasteiger partial charge in [-0.05, 0) is 49.9 Å². The molecule has 0 spiro atoms. The van der Waals surface area contributed by atoms with Gasteiger partial charge in [-0.25, -0.2) is 22.5 Å². The Morgan fingerprint density at radius 1 is 1.07 bits per heavy atom. The van der Waals surface area contributed by atoms with Gasteiger partial charge < -0.3 is 10.6 Å². The van der Waals surface area contributed by atoms with Crippen LogP contribution in [-0.4, -0.2) is 77.4 Å². The number of rotatable bonds is 5. The van der Waals surface area contributed by atoms with Crippen LogP contribution in [0.15, 0.2) is 53.9 Å². The standard InChI is InChI=1S/C26H25FN10O3S/c1-41(39,40)23-22(14-8-18-6-7-19(9-14)36(18)26(38)21-12-29-34-33-21)32-25-20(11-31-37(25)24(23)28)15-10-30-35(13-15)17-4-2-16(27)3-5-17/h2-5,10-14,18-19H,6-9,28H2,1H3,(H,29,33,34). The molecule has 0 saturated carbocycles. The molecule has 13 nitrogen and oxygen atoms in total. The molecule has 210 valence electrons. The number of amides is 1. The lowest BCUT2D eigenvalue weighted by Crippen LogP contribution is -2.46. The summed E-state index contributed by atoms with van der Waals surface area (Å²) in [5.74, 6) is -0.791. The second-order valence-electron chi connectivity index (χ2n) is 10.5. The molecule has 0 radical (unpaired) electrons. The largest absolute Gasteiger partial charge is 0.382 e. The molecule has 6 heterocycles. The summed E-state index contributed by atoms with van der Waals surface area (Å²) in [6.45, 7) is 0. The molecule has 2 bridgehead atoms. The summed E-state index contributed by atoms with van der Waals surface area (Å²) in [6.07, 6.45) is 10.2. The number of carbonyl (C=O) groups is 1. The van der Waals surface area contributed by atoms with Crippen molar-refractivity contribution in [1.82, 2.24) is 44.7 Å². The van der Waals surface area contributed by atoms with Crippen molar-refractivity contribution >= 4 is 27.2 Å². The van der Waals surface area contributed by atoms with Crippen LogP contribution in [0.3, 0.4) is 0 Å². The van der Waals surface area contributed by atoms with Gasteiger partial charge in [-0.2, -0.15) is 30.1 Å². The van der Waals surface area contributed by atoms with E-state index in [1.807, 2.05) is 4.90 Å². The lowest BCUT2D eigenvalue weighted by molar-refractivity contribution is 0.0562. The van der Waals surface area contributed by atoms with Gasteiger partial charge in [0.1, 0.15) is 16.5 Å². The molecule has 41 heavy (non-hydrogen) atoms. The van der Waals surface area contributed by atoms with E-state index in [4.69, 9.17) is 10.7 Å². The third-order valence-electron chi connectivity index (χ3n) is 8.01. The zero-order valence-electron chi connectivity index (χ0n) is 21.8. The van der Waals surface area contributed by atoms with Crippen molar-refractivity contribution in [3.8, 4) is 16.8 Å². The number of benzene rings is 1. The number of nitrogens with zero attached hydrogens (tertiary/aromatic N) is 8. The monoisotopic (exact) mass is 576 g/mol. The Bertz CT molecular complexity index is 1890. The number of nitrogen functional groups attached to an aromatic ring is 1. The first kappa shape index (κ1) is 25.3. The Kier molecular flexibility index (Phi) is 5.67. The maximum absolute atomic E-state index is 13.4. The zero-order chi connectivity index (χ0) is 28.5. The van der Waals surface area contributed by atoms with Crippen molar-refractivity contribution in [1.29, 1.82) is 0 Å². The number of anilines is 1. The average Bonchev–Trinajstić information content (AvgIpc) is 3.74. The van der Waals surface area contributed by atoms with Crippen LogP contribution in [0.5, 0.6) is 0 Å². The highest BCUT2D eigenvalue weighted by molar-refractivity contribution is 7.91. The number of carbonyl (C=O) groups excluding carboxylic acids is 1. The number of hydrogen-bond acceptors (Lipinski definition) is 9. The van der Waals surface area contributed by atoms with Crippen LogP contribution in [0.25, 0.3) is 22.5 Å². The molecule has 4 aromatic heterocycles. The Labute approximate surface area is 233 Å². The van der Waals surface area contributed by atoms with Crippen molar-refractivity contribution in [2.75, 3.05) is 12.0 Å². The van der Waals surface area contributed by atoms with Gasteiger partial charge in [0.2, 0.25) is 0 Å². The smallest absolute Gasteiger partial charge is 0.276 e. The zero-order valence-corrected chi connectivity index (χ0v) is 22.7. The van der Waals surface area contributed by atoms with Crippen LogP contribution in [0.2, 0.25) is 0 Å². The van der Waals surface area contributed by atoms with Crippen LogP contribution in [0.1, 0.15) is 47.8 Å². The fraction of sp³-hybridized carbons (Fsp3) is 0.308. The van der Waals surface area contributed by atoms with Crippen LogP contribution < -0.4 is 5.73 Å². The predicted molar refractivity (Wildman–Crippen MR) is 144 cm³/mol. The van der Waals surface area contributed by atoms with Gasteiger partial charge in [0, 0.05) is 41.6 Å². The van der Waals surface area contributed by atoms with Gasteiger partial charge in [0.25, 0.3) is 5.91 Å². The molecule has 3 N–H and O–H groups in total. The normalized spacial score (nSPS) is 20.6. The fourth-order valence-electron chi connectivity index (χ4n) is 6.24. The average molecular weight is 577 g/mol. The summed E-state index contributed by atoms with van der Waals surface area (Å²) in [6, 6.07) is 5.75. The highest BCUT2D eigenvalue weighted by Crippen LogP contribution is 2.45. The van der Waals surface area contributed by atoms with E-state index in [9.17, 15) is 17.6 Å². The molecule has 15 heteroatoms. The SMILES string of the molecule is CS(=O)(=O)c1c(C2CC3CCC(C2)N3C(=O)c2cn[nH]n2)nc2c(-c3cnn(-c4ccc(F)cc4)c3)cnn2c1N. The quantitative estimate of drug-likeness (QED) is 0.319. The number of nitrogens with one attached hydrogen (secondary N) is 1. The first-order valence-corrected chi connectivity index (χ1v) is 14.9. The number of piperidine rings is 1. The summed E-state index contributed by atoms with van der Waals surface area (Å²) in [5, 5.41) is 18.9. The van der Waals surface area contributed by atoms with Gasteiger partial charge in [-0.15, -0.1) is 0 Å².